The Morgan fingerprint density at radius 1 is 0.905 bits per heavy atom. The highest BCUT2D eigenvalue weighted by molar-refractivity contribution is 9.10. The number of unbranched alkanes of at least 4 members (excludes halogenated alkanes) is 9. The van der Waals surface area contributed by atoms with Crippen LogP contribution in [-0.2, 0) is 0 Å². The minimum Gasteiger partial charge on any atom is -0.398 e. The minimum absolute atomic E-state index is 0.890. The Morgan fingerprint density at radius 3 is 2.05 bits per heavy atom. The van der Waals surface area contributed by atoms with Crippen LogP contribution >= 0.6 is 27.7 Å². The van der Waals surface area contributed by atoms with Crippen molar-refractivity contribution in [2.24, 2.45) is 0 Å². The van der Waals surface area contributed by atoms with Crippen molar-refractivity contribution in [3.05, 3.63) is 22.7 Å². The van der Waals surface area contributed by atoms with Gasteiger partial charge in [0.05, 0.1) is 0 Å². The third-order valence-corrected chi connectivity index (χ3v) is 5.40. The first-order valence-corrected chi connectivity index (χ1v) is 10.2. The Bertz CT molecular complexity index is 381. The Kier molecular flexibility index (Phi) is 11.2. The summed E-state index contributed by atoms with van der Waals surface area (Å²) in [5, 5.41) is 0. The lowest BCUT2D eigenvalue weighted by molar-refractivity contribution is 0.563. The Balaban J connectivity index is 1.93. The van der Waals surface area contributed by atoms with Crippen LogP contribution in [0, 0.1) is 0 Å². The highest BCUT2D eigenvalue weighted by Crippen LogP contribution is 2.28. The molecule has 0 saturated heterocycles. The van der Waals surface area contributed by atoms with E-state index < -0.39 is 0 Å². The van der Waals surface area contributed by atoms with Crippen LogP contribution in [0.4, 0.5) is 5.69 Å². The van der Waals surface area contributed by atoms with Gasteiger partial charge >= 0.3 is 0 Å². The SMILES string of the molecule is CCCCCCCCCCCCSc1ccc(Br)cc1N. The Hall–Kier alpha value is -0.150. The molecule has 0 fully saturated rings. The second-order valence-electron chi connectivity index (χ2n) is 5.71. The Morgan fingerprint density at radius 2 is 1.48 bits per heavy atom. The van der Waals surface area contributed by atoms with E-state index in [0.717, 1.165) is 10.2 Å². The van der Waals surface area contributed by atoms with E-state index in [4.69, 9.17) is 5.73 Å². The number of halogens is 1. The summed E-state index contributed by atoms with van der Waals surface area (Å²) >= 11 is 5.33. The minimum atomic E-state index is 0.890. The van der Waals surface area contributed by atoms with Crippen LogP contribution in [0.25, 0.3) is 0 Å². The lowest BCUT2D eigenvalue weighted by atomic mass is 10.1. The molecule has 0 aliphatic heterocycles. The standard InChI is InChI=1S/C18H30BrNS/c1-2-3-4-5-6-7-8-9-10-11-14-21-18-13-12-16(19)15-17(18)20/h12-13,15H,2-11,14,20H2,1H3. The van der Waals surface area contributed by atoms with Crippen molar-refractivity contribution < 1.29 is 0 Å². The van der Waals surface area contributed by atoms with Crippen molar-refractivity contribution in [1.29, 1.82) is 0 Å². The fourth-order valence-corrected chi connectivity index (χ4v) is 3.76. The monoisotopic (exact) mass is 371 g/mol. The maximum Gasteiger partial charge on any atom is 0.0463 e. The summed E-state index contributed by atoms with van der Waals surface area (Å²) in [6, 6.07) is 6.17. The van der Waals surface area contributed by atoms with Gasteiger partial charge in [-0.1, -0.05) is 80.6 Å². The molecule has 0 aromatic heterocycles. The molecule has 0 radical (unpaired) electrons. The van der Waals surface area contributed by atoms with E-state index in [-0.39, 0.29) is 0 Å². The lowest BCUT2D eigenvalue weighted by Crippen LogP contribution is -1.89. The van der Waals surface area contributed by atoms with Gasteiger partial charge in [-0.2, -0.15) is 0 Å². The van der Waals surface area contributed by atoms with E-state index in [1.165, 1.54) is 74.9 Å². The molecule has 120 valence electrons. The van der Waals surface area contributed by atoms with Crippen molar-refractivity contribution in [3.63, 3.8) is 0 Å². The van der Waals surface area contributed by atoms with E-state index >= 15 is 0 Å². The van der Waals surface area contributed by atoms with Crippen molar-refractivity contribution >= 4 is 33.4 Å². The summed E-state index contributed by atoms with van der Waals surface area (Å²) in [6.45, 7) is 2.28. The zero-order valence-electron chi connectivity index (χ0n) is 13.4. The van der Waals surface area contributed by atoms with Gasteiger partial charge in [-0.15, -0.1) is 11.8 Å². The number of benzene rings is 1. The summed E-state index contributed by atoms with van der Waals surface area (Å²) in [6.07, 6.45) is 14.0. The van der Waals surface area contributed by atoms with Gasteiger partial charge in [0.1, 0.15) is 0 Å². The van der Waals surface area contributed by atoms with E-state index in [1.807, 2.05) is 17.8 Å². The molecule has 1 nitrogen and oxygen atoms in total. The average Bonchev–Trinajstić information content (AvgIpc) is 2.46. The zero-order valence-corrected chi connectivity index (χ0v) is 15.8. The number of anilines is 1. The highest BCUT2D eigenvalue weighted by atomic mass is 79.9. The van der Waals surface area contributed by atoms with Crippen LogP contribution < -0.4 is 5.73 Å². The van der Waals surface area contributed by atoms with Gasteiger partial charge in [0, 0.05) is 15.1 Å². The molecule has 0 aliphatic rings. The van der Waals surface area contributed by atoms with Gasteiger partial charge < -0.3 is 5.73 Å². The van der Waals surface area contributed by atoms with E-state index in [2.05, 4.69) is 35.0 Å². The second-order valence-corrected chi connectivity index (χ2v) is 7.77. The van der Waals surface area contributed by atoms with E-state index in [9.17, 15) is 0 Å². The van der Waals surface area contributed by atoms with Crippen molar-refractivity contribution in [3.8, 4) is 0 Å². The lowest BCUT2D eigenvalue weighted by Gasteiger charge is -2.06. The number of rotatable bonds is 12. The smallest absolute Gasteiger partial charge is 0.0463 e. The van der Waals surface area contributed by atoms with Crippen molar-refractivity contribution in [2.45, 2.75) is 76.0 Å². The zero-order chi connectivity index (χ0) is 15.3. The van der Waals surface area contributed by atoms with Gasteiger partial charge in [0.15, 0.2) is 0 Å². The van der Waals surface area contributed by atoms with Crippen LogP contribution in [0.2, 0.25) is 0 Å². The summed E-state index contributed by atoms with van der Waals surface area (Å²) in [5.74, 6) is 1.18. The maximum absolute atomic E-state index is 6.00. The topological polar surface area (TPSA) is 26.0 Å². The molecule has 0 unspecified atom stereocenters. The van der Waals surface area contributed by atoms with Crippen LogP contribution in [0.15, 0.2) is 27.6 Å². The molecule has 1 rings (SSSR count). The molecular formula is C18H30BrNS. The van der Waals surface area contributed by atoms with Gasteiger partial charge in [-0.25, -0.2) is 0 Å². The largest absolute Gasteiger partial charge is 0.398 e. The van der Waals surface area contributed by atoms with Crippen molar-refractivity contribution in [1.82, 2.24) is 0 Å². The summed E-state index contributed by atoms with van der Waals surface area (Å²) < 4.78 is 1.06. The maximum atomic E-state index is 6.00. The number of hydrogen-bond donors (Lipinski definition) is 1. The fourth-order valence-electron chi connectivity index (χ4n) is 2.42. The van der Waals surface area contributed by atoms with Gasteiger partial charge in [-0.3, -0.25) is 0 Å². The molecule has 0 atom stereocenters. The molecule has 2 N–H and O–H groups in total. The molecule has 0 bridgehead atoms. The molecule has 21 heavy (non-hydrogen) atoms. The summed E-state index contributed by atoms with van der Waals surface area (Å²) in [7, 11) is 0. The van der Waals surface area contributed by atoms with Crippen LogP contribution in [0.3, 0.4) is 0 Å². The van der Waals surface area contributed by atoms with Crippen LogP contribution in [0.5, 0.6) is 0 Å². The van der Waals surface area contributed by atoms with Crippen LogP contribution in [0.1, 0.15) is 71.1 Å². The molecule has 3 heteroatoms. The summed E-state index contributed by atoms with van der Waals surface area (Å²) in [5.41, 5.74) is 6.89. The molecule has 0 saturated carbocycles. The molecule has 1 aromatic carbocycles. The average molecular weight is 372 g/mol. The number of nitrogen functional groups attached to an aromatic ring is 1. The molecular weight excluding hydrogens is 342 g/mol. The van der Waals surface area contributed by atoms with Gasteiger partial charge in [-0.05, 0) is 30.4 Å². The first-order valence-electron chi connectivity index (χ1n) is 8.42. The quantitative estimate of drug-likeness (QED) is 0.242. The molecule has 0 aliphatic carbocycles. The van der Waals surface area contributed by atoms with Gasteiger partial charge in [0.25, 0.3) is 0 Å². The fraction of sp³-hybridized carbons (Fsp3) is 0.667. The predicted molar refractivity (Wildman–Crippen MR) is 101 cm³/mol. The molecule has 1 aromatic rings. The molecule has 0 spiro atoms. The summed E-state index contributed by atoms with van der Waals surface area (Å²) in [4.78, 5) is 1.22. The third-order valence-electron chi connectivity index (χ3n) is 3.73. The van der Waals surface area contributed by atoms with E-state index in [0.29, 0.717) is 0 Å². The predicted octanol–water partition coefficient (Wildman–Crippen LogP) is 7.04. The van der Waals surface area contributed by atoms with Crippen LogP contribution in [-0.4, -0.2) is 5.75 Å². The Labute approximate surface area is 143 Å². The normalized spacial score (nSPS) is 11.0. The molecule has 0 heterocycles. The first-order chi connectivity index (χ1) is 10.2. The third kappa shape index (κ3) is 9.46. The first kappa shape index (κ1) is 18.9. The second kappa shape index (κ2) is 12.4. The number of hydrogen-bond acceptors (Lipinski definition) is 2. The van der Waals surface area contributed by atoms with Crippen molar-refractivity contribution in [2.75, 3.05) is 11.5 Å². The number of nitrogens with two attached hydrogens (primary N) is 1. The highest BCUT2D eigenvalue weighted by Gasteiger charge is 2.00. The van der Waals surface area contributed by atoms with E-state index in [1.54, 1.807) is 0 Å². The van der Waals surface area contributed by atoms with Gasteiger partial charge in [0.2, 0.25) is 0 Å². The number of thioether (sulfide) groups is 1. The molecule has 0 amide bonds.